The van der Waals surface area contributed by atoms with Gasteiger partial charge >= 0.3 is 0 Å². The summed E-state index contributed by atoms with van der Waals surface area (Å²) < 4.78 is 26.3. The van der Waals surface area contributed by atoms with Crippen molar-refractivity contribution in [3.05, 3.63) is 48.5 Å². The molecule has 1 aromatic heterocycles. The molecule has 1 heterocycles. The molecule has 0 aliphatic rings. The Morgan fingerprint density at radius 2 is 1.96 bits per heavy atom. The summed E-state index contributed by atoms with van der Waals surface area (Å²) in [5, 5.41) is 2.64. The molecule has 1 N–H and O–H groups in total. The Kier molecular flexibility index (Phi) is 4.88. The average Bonchev–Trinajstić information content (AvgIpc) is 2.97. The maximum absolute atomic E-state index is 12.2. The summed E-state index contributed by atoms with van der Waals surface area (Å²) in [6, 6.07) is 13.3. The Bertz CT molecular complexity index is 982. The van der Waals surface area contributed by atoms with E-state index in [2.05, 4.69) is 10.3 Å². The van der Waals surface area contributed by atoms with Crippen molar-refractivity contribution < 1.29 is 13.2 Å². The number of benzene rings is 2. The van der Waals surface area contributed by atoms with Gasteiger partial charge in [-0.25, -0.2) is 13.4 Å². The molecule has 0 aliphatic carbocycles. The van der Waals surface area contributed by atoms with Gasteiger partial charge in [-0.3, -0.25) is 4.79 Å². The first-order chi connectivity index (χ1) is 11.5. The third kappa shape index (κ3) is 3.77. The quantitative estimate of drug-likeness (QED) is 0.689. The number of amides is 1. The van der Waals surface area contributed by atoms with E-state index in [1.54, 1.807) is 42.1 Å². The summed E-state index contributed by atoms with van der Waals surface area (Å²) in [5.74, 6) is -1.15. The molecule has 0 atom stereocenters. The Labute approximate surface area is 148 Å². The number of hydrogen-bond acceptors (Lipinski definition) is 6. The predicted octanol–water partition coefficient (Wildman–Crippen LogP) is 3.43. The van der Waals surface area contributed by atoms with Gasteiger partial charge in [-0.05, 0) is 36.6 Å². The molecule has 8 heteroatoms. The first-order valence-corrected chi connectivity index (χ1v) is 10.7. The summed E-state index contributed by atoms with van der Waals surface area (Å²) in [6.45, 7) is 0. The normalized spacial score (nSPS) is 11.5. The average molecular weight is 379 g/mol. The smallest absolute Gasteiger partial charge is 0.239 e. The molecule has 0 aliphatic heterocycles. The number of thioether (sulfide) groups is 1. The van der Waals surface area contributed by atoms with E-state index >= 15 is 0 Å². The molecule has 1 amide bonds. The Balaban J connectivity index is 1.75. The number of carbonyl (C=O) groups excluding carboxylic acids is 1. The van der Waals surface area contributed by atoms with E-state index in [1.165, 1.54) is 23.5 Å². The minimum absolute atomic E-state index is 0.141. The largest absolute Gasteiger partial charge is 0.325 e. The van der Waals surface area contributed by atoms with Crippen LogP contribution in [-0.2, 0) is 14.6 Å². The Morgan fingerprint density at radius 3 is 2.67 bits per heavy atom. The second-order valence-electron chi connectivity index (χ2n) is 4.99. The van der Waals surface area contributed by atoms with Crippen molar-refractivity contribution in [3.8, 4) is 0 Å². The summed E-state index contributed by atoms with van der Waals surface area (Å²) in [4.78, 5) is 16.7. The number of carbonyl (C=O) groups is 1. The second kappa shape index (κ2) is 6.92. The van der Waals surface area contributed by atoms with E-state index in [-0.39, 0.29) is 4.90 Å². The molecule has 0 bridgehead atoms. The van der Waals surface area contributed by atoms with Crippen LogP contribution >= 0.6 is 23.1 Å². The van der Waals surface area contributed by atoms with Crippen LogP contribution in [-0.4, -0.2) is 31.3 Å². The zero-order chi connectivity index (χ0) is 17.2. The molecule has 0 radical (unpaired) electrons. The van der Waals surface area contributed by atoms with E-state index in [0.29, 0.717) is 5.69 Å². The van der Waals surface area contributed by atoms with Crippen LogP contribution in [0, 0.1) is 0 Å². The van der Waals surface area contributed by atoms with E-state index in [9.17, 15) is 13.2 Å². The lowest BCUT2D eigenvalue weighted by Gasteiger charge is -2.06. The van der Waals surface area contributed by atoms with Gasteiger partial charge in [0.25, 0.3) is 0 Å². The lowest BCUT2D eigenvalue weighted by molar-refractivity contribution is -0.113. The fourth-order valence-electron chi connectivity index (χ4n) is 2.15. The lowest BCUT2D eigenvalue weighted by Crippen LogP contribution is -2.22. The van der Waals surface area contributed by atoms with Gasteiger partial charge in [0.1, 0.15) is 5.75 Å². The molecule has 2 aromatic carbocycles. The topological polar surface area (TPSA) is 76.1 Å². The molecule has 124 valence electrons. The van der Waals surface area contributed by atoms with Crippen LogP contribution in [0.3, 0.4) is 0 Å². The number of thiazole rings is 1. The van der Waals surface area contributed by atoms with Gasteiger partial charge in [0, 0.05) is 5.69 Å². The molecular weight excluding hydrogens is 364 g/mol. The highest BCUT2D eigenvalue weighted by atomic mass is 32.2. The highest BCUT2D eigenvalue weighted by molar-refractivity contribution is 8.00. The molecule has 5 nitrogen and oxygen atoms in total. The van der Waals surface area contributed by atoms with Crippen molar-refractivity contribution in [2.45, 2.75) is 9.24 Å². The summed E-state index contributed by atoms with van der Waals surface area (Å²) in [5.41, 5.74) is 1.42. The number of aromatic nitrogens is 1. The highest BCUT2D eigenvalue weighted by Crippen LogP contribution is 2.30. The molecule has 0 spiro atoms. The first-order valence-electron chi connectivity index (χ1n) is 7.00. The van der Waals surface area contributed by atoms with Crippen molar-refractivity contribution in [3.63, 3.8) is 0 Å². The zero-order valence-electron chi connectivity index (χ0n) is 12.7. The molecule has 3 rings (SSSR count). The number of sulfone groups is 1. The van der Waals surface area contributed by atoms with Gasteiger partial charge < -0.3 is 5.32 Å². The van der Waals surface area contributed by atoms with Gasteiger partial charge in [0.15, 0.2) is 14.2 Å². The molecule has 3 aromatic rings. The fourth-order valence-corrected chi connectivity index (χ4v) is 4.83. The molecule has 0 saturated carbocycles. The standard InChI is InChI=1S/C16H14N2O3S3/c1-22-16-18-13-8-7-11(9-14(13)23-16)17-15(19)10-24(20,21)12-5-3-2-4-6-12/h2-9H,10H2,1H3,(H,17,19). The fraction of sp³-hybridized carbons (Fsp3) is 0.125. The summed E-state index contributed by atoms with van der Waals surface area (Å²) in [6.07, 6.45) is 1.95. The third-order valence-corrected chi connectivity index (χ3v) is 6.89. The monoisotopic (exact) mass is 378 g/mol. The van der Waals surface area contributed by atoms with Crippen LogP contribution in [0.1, 0.15) is 0 Å². The van der Waals surface area contributed by atoms with Gasteiger partial charge in [-0.2, -0.15) is 0 Å². The molecule has 0 unspecified atom stereocenters. The van der Waals surface area contributed by atoms with Crippen LogP contribution in [0.2, 0.25) is 0 Å². The minimum atomic E-state index is -3.65. The third-order valence-electron chi connectivity index (χ3n) is 3.25. The first kappa shape index (κ1) is 16.9. The lowest BCUT2D eigenvalue weighted by atomic mass is 10.3. The maximum Gasteiger partial charge on any atom is 0.239 e. The number of fused-ring (bicyclic) bond motifs is 1. The van der Waals surface area contributed by atoms with Gasteiger partial charge in [0.05, 0.1) is 15.1 Å². The Morgan fingerprint density at radius 1 is 1.21 bits per heavy atom. The molecule has 24 heavy (non-hydrogen) atoms. The van der Waals surface area contributed by atoms with E-state index in [4.69, 9.17) is 0 Å². The molecule has 0 saturated heterocycles. The van der Waals surface area contributed by atoms with Crippen LogP contribution in [0.4, 0.5) is 5.69 Å². The van der Waals surface area contributed by atoms with Crippen molar-refractivity contribution in [2.75, 3.05) is 17.3 Å². The molecular formula is C16H14N2O3S3. The summed E-state index contributed by atoms with van der Waals surface area (Å²) >= 11 is 3.09. The minimum Gasteiger partial charge on any atom is -0.325 e. The van der Waals surface area contributed by atoms with E-state index in [0.717, 1.165) is 14.6 Å². The number of hydrogen-bond donors (Lipinski definition) is 1. The second-order valence-corrected chi connectivity index (χ2v) is 9.06. The number of nitrogens with zero attached hydrogens (tertiary/aromatic N) is 1. The highest BCUT2D eigenvalue weighted by Gasteiger charge is 2.19. The van der Waals surface area contributed by atoms with Crippen LogP contribution in [0.15, 0.2) is 57.8 Å². The number of rotatable bonds is 5. The predicted molar refractivity (Wildman–Crippen MR) is 98.5 cm³/mol. The number of nitrogens with one attached hydrogen (secondary N) is 1. The van der Waals surface area contributed by atoms with Crippen molar-refractivity contribution >= 4 is 54.7 Å². The van der Waals surface area contributed by atoms with Gasteiger partial charge in [0.2, 0.25) is 5.91 Å². The SMILES string of the molecule is CSc1nc2ccc(NC(=O)CS(=O)(=O)c3ccccc3)cc2s1. The van der Waals surface area contributed by atoms with Crippen molar-refractivity contribution in [1.82, 2.24) is 4.98 Å². The summed E-state index contributed by atoms with van der Waals surface area (Å²) in [7, 11) is -3.65. The van der Waals surface area contributed by atoms with Gasteiger partial charge in [-0.1, -0.05) is 30.0 Å². The maximum atomic E-state index is 12.2. The molecule has 0 fully saturated rings. The zero-order valence-corrected chi connectivity index (χ0v) is 15.2. The van der Waals surface area contributed by atoms with Crippen molar-refractivity contribution in [2.24, 2.45) is 0 Å². The van der Waals surface area contributed by atoms with Gasteiger partial charge in [-0.15, -0.1) is 11.3 Å². The van der Waals surface area contributed by atoms with E-state index < -0.39 is 21.5 Å². The number of anilines is 1. The van der Waals surface area contributed by atoms with Crippen molar-refractivity contribution in [1.29, 1.82) is 0 Å². The van der Waals surface area contributed by atoms with Crippen LogP contribution < -0.4 is 5.32 Å². The van der Waals surface area contributed by atoms with Crippen LogP contribution in [0.25, 0.3) is 10.2 Å². The van der Waals surface area contributed by atoms with E-state index in [1.807, 2.05) is 12.3 Å². The Hall–Kier alpha value is -1.90. The van der Waals surface area contributed by atoms with Crippen LogP contribution in [0.5, 0.6) is 0 Å².